The predicted molar refractivity (Wildman–Crippen MR) is 75.4 cm³/mol. The number of carbonyl (C=O) groups excluding carboxylic acids is 1. The molecule has 19 heavy (non-hydrogen) atoms. The number of hydrogen-bond acceptors (Lipinski definition) is 2. The Morgan fingerprint density at radius 1 is 1.11 bits per heavy atom. The van der Waals surface area contributed by atoms with Crippen LogP contribution in [0.3, 0.4) is 0 Å². The molecule has 2 nitrogen and oxygen atoms in total. The van der Waals surface area contributed by atoms with Crippen molar-refractivity contribution in [2.75, 3.05) is 6.61 Å². The average molecular weight is 250 g/mol. The van der Waals surface area contributed by atoms with Crippen molar-refractivity contribution in [3.63, 3.8) is 0 Å². The van der Waals surface area contributed by atoms with Crippen LogP contribution in [0, 0.1) is 0 Å². The van der Waals surface area contributed by atoms with Crippen molar-refractivity contribution in [3.8, 4) is 5.75 Å². The summed E-state index contributed by atoms with van der Waals surface area (Å²) in [4.78, 5) is 11.9. The summed E-state index contributed by atoms with van der Waals surface area (Å²) in [5, 5.41) is 0. The van der Waals surface area contributed by atoms with Crippen LogP contribution in [0.5, 0.6) is 5.75 Å². The monoisotopic (exact) mass is 250 g/mol. The molecule has 1 aliphatic rings. The smallest absolute Gasteiger partial charge is 0.185 e. The van der Waals surface area contributed by atoms with Crippen molar-refractivity contribution in [3.05, 3.63) is 71.3 Å². The lowest BCUT2D eigenvalue weighted by atomic mass is 10.1. The number of rotatable bonds is 3. The number of hydrogen-bond donors (Lipinski definition) is 0. The normalized spacial score (nSPS) is 13.3. The summed E-state index contributed by atoms with van der Waals surface area (Å²) in [7, 11) is 0. The number of allylic oxidation sites excluding steroid dienone is 1. The summed E-state index contributed by atoms with van der Waals surface area (Å²) in [5.74, 6) is 0.990. The minimum absolute atomic E-state index is 0.0253. The third kappa shape index (κ3) is 2.58. The van der Waals surface area contributed by atoms with E-state index in [4.69, 9.17) is 4.74 Å². The molecular formula is C17H14O2. The second-order valence-corrected chi connectivity index (χ2v) is 4.53. The fraction of sp³-hybridized carbons (Fsp3) is 0.118. The zero-order valence-electron chi connectivity index (χ0n) is 10.5. The largest absolute Gasteiger partial charge is 0.493 e. The Morgan fingerprint density at radius 3 is 2.79 bits per heavy atom. The van der Waals surface area contributed by atoms with Gasteiger partial charge in [-0.3, -0.25) is 4.79 Å². The molecule has 2 heteroatoms. The van der Waals surface area contributed by atoms with E-state index in [1.807, 2.05) is 48.5 Å². The van der Waals surface area contributed by atoms with Crippen LogP contribution in [0.2, 0.25) is 0 Å². The molecular weight excluding hydrogens is 236 g/mol. The molecule has 3 rings (SSSR count). The van der Waals surface area contributed by atoms with E-state index in [1.54, 1.807) is 6.08 Å². The van der Waals surface area contributed by atoms with Gasteiger partial charge in [0.1, 0.15) is 5.75 Å². The van der Waals surface area contributed by atoms with E-state index in [2.05, 4.69) is 6.07 Å². The van der Waals surface area contributed by atoms with E-state index in [0.29, 0.717) is 5.56 Å². The summed E-state index contributed by atoms with van der Waals surface area (Å²) in [6.45, 7) is 0.755. The first-order chi connectivity index (χ1) is 9.33. The minimum Gasteiger partial charge on any atom is -0.493 e. The van der Waals surface area contributed by atoms with Crippen molar-refractivity contribution in [1.82, 2.24) is 0 Å². The van der Waals surface area contributed by atoms with E-state index in [9.17, 15) is 4.79 Å². The van der Waals surface area contributed by atoms with Crippen LogP contribution in [-0.4, -0.2) is 12.4 Å². The first-order valence-electron chi connectivity index (χ1n) is 6.36. The van der Waals surface area contributed by atoms with Gasteiger partial charge in [-0.1, -0.05) is 42.5 Å². The molecule has 0 bridgehead atoms. The Hall–Kier alpha value is -2.35. The van der Waals surface area contributed by atoms with Crippen molar-refractivity contribution < 1.29 is 9.53 Å². The molecule has 0 amide bonds. The highest BCUT2D eigenvalue weighted by atomic mass is 16.5. The van der Waals surface area contributed by atoms with Gasteiger partial charge in [0, 0.05) is 12.0 Å². The van der Waals surface area contributed by atoms with Gasteiger partial charge in [0.15, 0.2) is 5.78 Å². The second kappa shape index (κ2) is 5.11. The van der Waals surface area contributed by atoms with Gasteiger partial charge in [-0.2, -0.15) is 0 Å². The van der Waals surface area contributed by atoms with E-state index in [0.717, 1.165) is 24.3 Å². The van der Waals surface area contributed by atoms with Gasteiger partial charge in [-0.15, -0.1) is 0 Å². The number of fused-ring (bicyclic) bond motifs is 1. The lowest BCUT2D eigenvalue weighted by molar-refractivity contribution is 0.104. The van der Waals surface area contributed by atoms with E-state index >= 15 is 0 Å². The summed E-state index contributed by atoms with van der Waals surface area (Å²) < 4.78 is 5.46. The summed E-state index contributed by atoms with van der Waals surface area (Å²) in [5.41, 5.74) is 2.96. The fourth-order valence-corrected chi connectivity index (χ4v) is 2.18. The third-order valence-electron chi connectivity index (χ3n) is 3.20. The van der Waals surface area contributed by atoms with Gasteiger partial charge >= 0.3 is 0 Å². The minimum atomic E-state index is 0.0253. The lowest BCUT2D eigenvalue weighted by Crippen LogP contribution is -1.92. The molecule has 0 fully saturated rings. The highest BCUT2D eigenvalue weighted by Gasteiger charge is 2.11. The SMILES string of the molecule is O=C(/C=C/c1ccc2c(c1)CCO2)c1ccccc1. The first kappa shape index (κ1) is 11.7. The van der Waals surface area contributed by atoms with Crippen LogP contribution in [0.15, 0.2) is 54.6 Å². The lowest BCUT2D eigenvalue weighted by Gasteiger charge is -1.99. The first-order valence-corrected chi connectivity index (χ1v) is 6.36. The quantitative estimate of drug-likeness (QED) is 0.615. The third-order valence-corrected chi connectivity index (χ3v) is 3.20. The van der Waals surface area contributed by atoms with Crippen LogP contribution in [0.4, 0.5) is 0 Å². The van der Waals surface area contributed by atoms with Gasteiger partial charge in [0.25, 0.3) is 0 Å². The Labute approximate surface area is 112 Å². The number of ketones is 1. The summed E-state index contributed by atoms with van der Waals surface area (Å²) in [6.07, 6.45) is 4.42. The fourth-order valence-electron chi connectivity index (χ4n) is 2.18. The van der Waals surface area contributed by atoms with Crippen molar-refractivity contribution in [2.45, 2.75) is 6.42 Å². The molecule has 0 saturated heterocycles. The standard InChI is InChI=1S/C17H14O2/c18-16(14-4-2-1-3-5-14)8-6-13-7-9-17-15(12-13)10-11-19-17/h1-9,12H,10-11H2/b8-6+. The van der Waals surface area contributed by atoms with Crippen LogP contribution in [0.1, 0.15) is 21.5 Å². The van der Waals surface area contributed by atoms with Gasteiger partial charge in [0.2, 0.25) is 0 Å². The molecule has 94 valence electrons. The maximum absolute atomic E-state index is 11.9. The maximum atomic E-state index is 11.9. The Balaban J connectivity index is 1.78. The van der Waals surface area contributed by atoms with Crippen molar-refractivity contribution >= 4 is 11.9 Å². The molecule has 1 heterocycles. The molecule has 1 aliphatic heterocycles. The van der Waals surface area contributed by atoms with Gasteiger partial charge in [-0.25, -0.2) is 0 Å². The van der Waals surface area contributed by atoms with Crippen LogP contribution < -0.4 is 4.74 Å². The van der Waals surface area contributed by atoms with E-state index < -0.39 is 0 Å². The maximum Gasteiger partial charge on any atom is 0.185 e. The molecule has 0 saturated carbocycles. The summed E-state index contributed by atoms with van der Waals surface area (Å²) >= 11 is 0. The van der Waals surface area contributed by atoms with Crippen LogP contribution in [-0.2, 0) is 6.42 Å². The molecule has 0 aromatic heterocycles. The number of carbonyl (C=O) groups is 1. The van der Waals surface area contributed by atoms with Gasteiger partial charge in [0.05, 0.1) is 6.61 Å². The topological polar surface area (TPSA) is 26.3 Å². The van der Waals surface area contributed by atoms with Crippen molar-refractivity contribution in [2.24, 2.45) is 0 Å². The molecule has 0 N–H and O–H groups in total. The highest BCUT2D eigenvalue weighted by Crippen LogP contribution is 2.26. The van der Waals surface area contributed by atoms with Crippen LogP contribution >= 0.6 is 0 Å². The Morgan fingerprint density at radius 2 is 1.95 bits per heavy atom. The predicted octanol–water partition coefficient (Wildman–Crippen LogP) is 3.52. The average Bonchev–Trinajstić information content (AvgIpc) is 2.93. The Kier molecular flexibility index (Phi) is 3.15. The van der Waals surface area contributed by atoms with Crippen LogP contribution in [0.25, 0.3) is 6.08 Å². The second-order valence-electron chi connectivity index (χ2n) is 4.53. The van der Waals surface area contributed by atoms with E-state index in [1.165, 1.54) is 5.56 Å². The van der Waals surface area contributed by atoms with Gasteiger partial charge < -0.3 is 4.74 Å². The van der Waals surface area contributed by atoms with Crippen molar-refractivity contribution in [1.29, 1.82) is 0 Å². The molecule has 0 unspecified atom stereocenters. The molecule has 0 atom stereocenters. The zero-order valence-corrected chi connectivity index (χ0v) is 10.5. The van der Waals surface area contributed by atoms with Gasteiger partial charge in [-0.05, 0) is 29.3 Å². The molecule has 2 aromatic carbocycles. The molecule has 0 radical (unpaired) electrons. The summed E-state index contributed by atoms with van der Waals surface area (Å²) in [6, 6.07) is 15.3. The Bertz CT molecular complexity index is 627. The number of ether oxygens (including phenoxy) is 1. The highest BCUT2D eigenvalue weighted by molar-refractivity contribution is 6.06. The molecule has 2 aromatic rings. The number of benzene rings is 2. The molecule has 0 aliphatic carbocycles. The van der Waals surface area contributed by atoms with E-state index in [-0.39, 0.29) is 5.78 Å². The molecule has 0 spiro atoms. The zero-order chi connectivity index (χ0) is 13.1.